The van der Waals surface area contributed by atoms with Crippen molar-refractivity contribution in [2.75, 3.05) is 29.0 Å². The van der Waals surface area contributed by atoms with Gasteiger partial charge in [-0.2, -0.15) is 0 Å². The molecule has 0 saturated carbocycles. The second-order valence-corrected chi connectivity index (χ2v) is 8.44. The molecule has 0 unspecified atom stereocenters. The highest BCUT2D eigenvalue weighted by molar-refractivity contribution is 6.24. The Hall–Kier alpha value is -3.64. The Kier molecular flexibility index (Phi) is 4.94. The minimum Gasteiger partial charge on any atom is -0.378 e. The molecule has 0 spiro atoms. The molecule has 6 nitrogen and oxygen atoms in total. The van der Waals surface area contributed by atoms with Crippen molar-refractivity contribution in [1.29, 1.82) is 0 Å². The van der Waals surface area contributed by atoms with Crippen molar-refractivity contribution in [3.05, 3.63) is 90.0 Å². The van der Waals surface area contributed by atoms with E-state index in [1.54, 1.807) is 5.06 Å². The van der Waals surface area contributed by atoms with E-state index < -0.39 is 18.1 Å². The van der Waals surface area contributed by atoms with Crippen LogP contribution in [0, 0.1) is 12.8 Å². The van der Waals surface area contributed by atoms with E-state index in [2.05, 4.69) is 0 Å². The summed E-state index contributed by atoms with van der Waals surface area (Å²) in [6.07, 6.45) is -0.860. The van der Waals surface area contributed by atoms with E-state index in [1.807, 2.05) is 105 Å². The first-order valence-electron chi connectivity index (χ1n) is 10.7. The molecule has 3 aromatic rings. The van der Waals surface area contributed by atoms with Gasteiger partial charge in [0.25, 0.3) is 5.91 Å². The number of amides is 2. The lowest BCUT2D eigenvalue weighted by molar-refractivity contribution is -0.126. The molecule has 32 heavy (non-hydrogen) atoms. The summed E-state index contributed by atoms with van der Waals surface area (Å²) in [5.41, 5.74) is 4.30. The molecule has 162 valence electrons. The molecular weight excluding hydrogens is 402 g/mol. The first-order chi connectivity index (χ1) is 15.5. The van der Waals surface area contributed by atoms with E-state index in [1.165, 1.54) is 4.90 Å². The van der Waals surface area contributed by atoms with E-state index in [0.29, 0.717) is 5.69 Å². The molecule has 3 atom stereocenters. The molecule has 2 aliphatic heterocycles. The van der Waals surface area contributed by atoms with Crippen LogP contribution in [0.1, 0.15) is 17.2 Å². The monoisotopic (exact) mass is 427 g/mol. The normalized spacial score (nSPS) is 22.4. The third-order valence-electron chi connectivity index (χ3n) is 6.23. The van der Waals surface area contributed by atoms with Gasteiger partial charge in [0.05, 0.1) is 17.4 Å². The number of benzene rings is 3. The van der Waals surface area contributed by atoms with E-state index in [0.717, 1.165) is 22.5 Å². The van der Waals surface area contributed by atoms with Gasteiger partial charge in [-0.05, 0) is 48.4 Å². The summed E-state index contributed by atoms with van der Waals surface area (Å²) in [7, 11) is 3.97. The molecule has 0 N–H and O–H groups in total. The van der Waals surface area contributed by atoms with Gasteiger partial charge < -0.3 is 4.90 Å². The number of anilines is 3. The Morgan fingerprint density at radius 2 is 1.47 bits per heavy atom. The fraction of sp³-hybridized carbons (Fsp3) is 0.231. The SMILES string of the molecule is Cc1ccccc1N1C(=O)[C@H]2[C@@H](c3ccc(N(C)C)cc3)N(c3ccccc3)O[C@H]2C1=O. The number of carbonyl (C=O) groups is 2. The summed E-state index contributed by atoms with van der Waals surface area (Å²) in [5, 5.41) is 1.73. The first-order valence-corrected chi connectivity index (χ1v) is 10.7. The van der Waals surface area contributed by atoms with Crippen molar-refractivity contribution in [2.45, 2.75) is 19.1 Å². The highest BCUT2D eigenvalue weighted by Gasteiger charge is 2.60. The van der Waals surface area contributed by atoms with Crippen LogP contribution in [0.15, 0.2) is 78.9 Å². The lowest BCUT2D eigenvalue weighted by Crippen LogP contribution is -2.37. The minimum absolute atomic E-state index is 0.227. The van der Waals surface area contributed by atoms with Crippen molar-refractivity contribution in [1.82, 2.24) is 0 Å². The van der Waals surface area contributed by atoms with Crippen molar-refractivity contribution in [2.24, 2.45) is 5.92 Å². The molecule has 2 amide bonds. The van der Waals surface area contributed by atoms with Crippen LogP contribution in [0.3, 0.4) is 0 Å². The zero-order chi connectivity index (χ0) is 22.4. The highest BCUT2D eigenvalue weighted by atomic mass is 16.7. The average Bonchev–Trinajstić information content (AvgIpc) is 3.31. The molecule has 2 heterocycles. The predicted octanol–water partition coefficient (Wildman–Crippen LogP) is 4.11. The minimum atomic E-state index is -0.860. The van der Waals surface area contributed by atoms with Gasteiger partial charge in [0.15, 0.2) is 6.10 Å². The quantitative estimate of drug-likeness (QED) is 0.587. The van der Waals surface area contributed by atoms with Crippen LogP contribution in [0.4, 0.5) is 17.1 Å². The van der Waals surface area contributed by atoms with Gasteiger partial charge in [0.2, 0.25) is 5.91 Å². The van der Waals surface area contributed by atoms with Gasteiger partial charge in [-0.3, -0.25) is 14.4 Å². The molecule has 3 aromatic carbocycles. The number of rotatable bonds is 4. The molecule has 0 radical (unpaired) electrons. The standard InChI is InChI=1S/C26H25N3O3/c1-17-9-7-8-12-21(17)28-25(30)22-23(18-13-15-19(16-14-18)27(2)3)29(32-24(22)26(28)31)20-10-5-4-6-11-20/h4-16,22-24H,1-3H3/t22-,23+,24+/m0/s1. The van der Waals surface area contributed by atoms with Gasteiger partial charge >= 0.3 is 0 Å². The second kappa shape index (κ2) is 7.80. The zero-order valence-electron chi connectivity index (χ0n) is 18.3. The summed E-state index contributed by atoms with van der Waals surface area (Å²) in [5.74, 6) is -1.18. The Morgan fingerprint density at radius 3 is 2.12 bits per heavy atom. The van der Waals surface area contributed by atoms with Gasteiger partial charge in [0.1, 0.15) is 5.92 Å². The van der Waals surface area contributed by atoms with Gasteiger partial charge in [-0.1, -0.05) is 48.5 Å². The van der Waals surface area contributed by atoms with Crippen molar-refractivity contribution in [3.63, 3.8) is 0 Å². The Labute approximate surface area is 187 Å². The molecule has 2 saturated heterocycles. The van der Waals surface area contributed by atoms with E-state index >= 15 is 0 Å². The van der Waals surface area contributed by atoms with E-state index in [-0.39, 0.29) is 11.8 Å². The summed E-state index contributed by atoms with van der Waals surface area (Å²) in [6.45, 7) is 1.90. The smallest absolute Gasteiger partial charge is 0.266 e. The second-order valence-electron chi connectivity index (χ2n) is 8.44. The molecule has 0 bridgehead atoms. The number of hydroxylamine groups is 1. The van der Waals surface area contributed by atoms with Crippen LogP contribution < -0.4 is 14.9 Å². The number of carbonyl (C=O) groups excluding carboxylic acids is 2. The summed E-state index contributed by atoms with van der Waals surface area (Å²) >= 11 is 0. The molecule has 6 heteroatoms. The third-order valence-corrected chi connectivity index (χ3v) is 6.23. The van der Waals surface area contributed by atoms with Crippen LogP contribution in [0.5, 0.6) is 0 Å². The van der Waals surface area contributed by atoms with E-state index in [9.17, 15) is 9.59 Å². The van der Waals surface area contributed by atoms with Crippen LogP contribution in [0.2, 0.25) is 0 Å². The maximum absolute atomic E-state index is 13.7. The average molecular weight is 428 g/mol. The van der Waals surface area contributed by atoms with Crippen LogP contribution >= 0.6 is 0 Å². The largest absolute Gasteiger partial charge is 0.378 e. The molecule has 5 rings (SSSR count). The maximum atomic E-state index is 13.7. The number of hydrogen-bond acceptors (Lipinski definition) is 5. The fourth-order valence-corrected chi connectivity index (χ4v) is 4.57. The number of fused-ring (bicyclic) bond motifs is 1. The highest BCUT2D eigenvalue weighted by Crippen LogP contribution is 2.48. The number of imide groups is 1. The predicted molar refractivity (Wildman–Crippen MR) is 124 cm³/mol. The summed E-state index contributed by atoms with van der Waals surface area (Å²) in [6, 6.07) is 24.7. The van der Waals surface area contributed by atoms with Gasteiger partial charge in [-0.25, -0.2) is 9.96 Å². The summed E-state index contributed by atoms with van der Waals surface area (Å²) < 4.78 is 0. The fourth-order valence-electron chi connectivity index (χ4n) is 4.57. The zero-order valence-corrected chi connectivity index (χ0v) is 18.3. The molecule has 0 aliphatic carbocycles. The molecular formula is C26H25N3O3. The van der Waals surface area contributed by atoms with Crippen molar-refractivity contribution >= 4 is 28.9 Å². The number of aryl methyl sites for hydroxylation is 1. The van der Waals surface area contributed by atoms with E-state index in [4.69, 9.17) is 4.84 Å². The number of para-hydroxylation sites is 2. The lowest BCUT2D eigenvalue weighted by atomic mass is 9.90. The van der Waals surface area contributed by atoms with Crippen LogP contribution in [-0.2, 0) is 14.4 Å². The van der Waals surface area contributed by atoms with Crippen LogP contribution in [0.25, 0.3) is 0 Å². The first kappa shape index (κ1) is 20.3. The third kappa shape index (κ3) is 3.15. The maximum Gasteiger partial charge on any atom is 0.266 e. The lowest BCUT2D eigenvalue weighted by Gasteiger charge is -2.29. The van der Waals surface area contributed by atoms with Gasteiger partial charge in [-0.15, -0.1) is 0 Å². The Balaban J connectivity index is 1.58. The molecule has 2 aliphatic rings. The number of hydrogen-bond donors (Lipinski definition) is 0. The van der Waals surface area contributed by atoms with Crippen molar-refractivity contribution < 1.29 is 14.4 Å². The number of nitrogens with zero attached hydrogens (tertiary/aromatic N) is 3. The Morgan fingerprint density at radius 1 is 0.812 bits per heavy atom. The molecule has 2 fully saturated rings. The topological polar surface area (TPSA) is 53.1 Å². The Bertz CT molecular complexity index is 1160. The summed E-state index contributed by atoms with van der Waals surface area (Å²) in [4.78, 5) is 36.6. The molecule has 0 aromatic heterocycles. The van der Waals surface area contributed by atoms with Gasteiger partial charge in [0, 0.05) is 19.8 Å². The van der Waals surface area contributed by atoms with Crippen LogP contribution in [-0.4, -0.2) is 32.0 Å². The van der Waals surface area contributed by atoms with Crippen molar-refractivity contribution in [3.8, 4) is 0 Å².